The molecular formula is C19H29N3O3. The van der Waals surface area contributed by atoms with Crippen LogP contribution in [0.3, 0.4) is 0 Å². The minimum atomic E-state index is -0.161. The van der Waals surface area contributed by atoms with Crippen molar-refractivity contribution in [3.63, 3.8) is 0 Å². The lowest BCUT2D eigenvalue weighted by Gasteiger charge is -2.29. The maximum absolute atomic E-state index is 12.2. The molecular weight excluding hydrogens is 318 g/mol. The second kappa shape index (κ2) is 10.0. The van der Waals surface area contributed by atoms with Crippen molar-refractivity contribution in [2.24, 2.45) is 0 Å². The van der Waals surface area contributed by atoms with E-state index in [2.05, 4.69) is 17.1 Å². The average molecular weight is 347 g/mol. The first-order chi connectivity index (χ1) is 12.1. The number of rotatable bonds is 8. The minimum Gasteiger partial charge on any atom is -0.378 e. The van der Waals surface area contributed by atoms with Gasteiger partial charge >= 0.3 is 0 Å². The Morgan fingerprint density at radius 1 is 1.16 bits per heavy atom. The molecule has 0 atom stereocenters. The SMILES string of the molecule is CCCCC(=O)N(CC)CC(=O)Nc1ccc(N2CCOCC2)cc1. The predicted molar refractivity (Wildman–Crippen MR) is 99.9 cm³/mol. The van der Waals surface area contributed by atoms with Crippen molar-refractivity contribution in [3.8, 4) is 0 Å². The fourth-order valence-corrected chi connectivity index (χ4v) is 2.81. The molecule has 1 aromatic carbocycles. The lowest BCUT2D eigenvalue weighted by molar-refractivity contribution is -0.134. The molecule has 1 N–H and O–H groups in total. The zero-order valence-corrected chi connectivity index (χ0v) is 15.3. The van der Waals surface area contributed by atoms with E-state index in [1.165, 1.54) is 0 Å². The van der Waals surface area contributed by atoms with E-state index in [0.29, 0.717) is 13.0 Å². The number of likely N-dealkylation sites (N-methyl/N-ethyl adjacent to an activating group) is 1. The summed E-state index contributed by atoms with van der Waals surface area (Å²) in [6.07, 6.45) is 2.34. The van der Waals surface area contributed by atoms with E-state index in [1.807, 2.05) is 31.2 Å². The van der Waals surface area contributed by atoms with Gasteiger partial charge in [0.2, 0.25) is 11.8 Å². The zero-order valence-electron chi connectivity index (χ0n) is 15.3. The Morgan fingerprint density at radius 2 is 1.84 bits per heavy atom. The molecule has 1 saturated heterocycles. The number of nitrogens with zero attached hydrogens (tertiary/aromatic N) is 2. The third-order valence-electron chi connectivity index (χ3n) is 4.34. The lowest BCUT2D eigenvalue weighted by atomic mass is 10.2. The van der Waals surface area contributed by atoms with E-state index in [9.17, 15) is 9.59 Å². The maximum atomic E-state index is 12.2. The fraction of sp³-hybridized carbons (Fsp3) is 0.579. The van der Waals surface area contributed by atoms with Gasteiger partial charge in [-0.15, -0.1) is 0 Å². The highest BCUT2D eigenvalue weighted by molar-refractivity contribution is 5.94. The molecule has 0 unspecified atom stereocenters. The molecule has 2 amide bonds. The van der Waals surface area contributed by atoms with Crippen molar-refractivity contribution in [1.82, 2.24) is 4.90 Å². The molecule has 1 heterocycles. The molecule has 0 aromatic heterocycles. The van der Waals surface area contributed by atoms with Crippen LogP contribution >= 0.6 is 0 Å². The van der Waals surface area contributed by atoms with Crippen molar-refractivity contribution >= 4 is 23.2 Å². The quantitative estimate of drug-likeness (QED) is 0.785. The first kappa shape index (κ1) is 19.2. The molecule has 1 aliphatic heterocycles. The lowest BCUT2D eigenvalue weighted by Crippen LogP contribution is -2.37. The summed E-state index contributed by atoms with van der Waals surface area (Å²) in [4.78, 5) is 28.2. The minimum absolute atomic E-state index is 0.0437. The third-order valence-corrected chi connectivity index (χ3v) is 4.34. The number of unbranched alkanes of at least 4 members (excludes halogenated alkanes) is 1. The van der Waals surface area contributed by atoms with E-state index >= 15 is 0 Å². The Morgan fingerprint density at radius 3 is 2.44 bits per heavy atom. The Bertz CT molecular complexity index is 554. The van der Waals surface area contributed by atoms with E-state index in [4.69, 9.17) is 4.74 Å². The Balaban J connectivity index is 1.85. The number of nitrogens with one attached hydrogen (secondary N) is 1. The summed E-state index contributed by atoms with van der Waals surface area (Å²) in [7, 11) is 0. The Labute approximate surface area is 150 Å². The number of morpholine rings is 1. The van der Waals surface area contributed by atoms with Crippen LogP contribution < -0.4 is 10.2 Å². The van der Waals surface area contributed by atoms with Crippen LogP contribution in [0.2, 0.25) is 0 Å². The summed E-state index contributed by atoms with van der Waals surface area (Å²) in [5.74, 6) is -0.118. The van der Waals surface area contributed by atoms with Crippen LogP contribution in [0.25, 0.3) is 0 Å². The molecule has 2 rings (SSSR count). The van der Waals surface area contributed by atoms with Crippen molar-refractivity contribution in [1.29, 1.82) is 0 Å². The molecule has 1 aliphatic rings. The number of ether oxygens (including phenoxy) is 1. The van der Waals surface area contributed by atoms with Crippen molar-refractivity contribution in [2.75, 3.05) is 49.6 Å². The Kier molecular flexibility index (Phi) is 7.73. The van der Waals surface area contributed by atoms with Crippen molar-refractivity contribution in [2.45, 2.75) is 33.1 Å². The number of carbonyl (C=O) groups excluding carboxylic acids is 2. The van der Waals surface area contributed by atoms with Crippen molar-refractivity contribution in [3.05, 3.63) is 24.3 Å². The maximum Gasteiger partial charge on any atom is 0.243 e. The number of hydrogen-bond acceptors (Lipinski definition) is 4. The number of amides is 2. The van der Waals surface area contributed by atoms with Gasteiger partial charge in [0.1, 0.15) is 0 Å². The molecule has 0 aliphatic carbocycles. The van der Waals surface area contributed by atoms with Crippen LogP contribution in [0.1, 0.15) is 33.1 Å². The van der Waals surface area contributed by atoms with Gasteiger partial charge in [0.05, 0.1) is 19.8 Å². The molecule has 6 nitrogen and oxygen atoms in total. The second-order valence-corrected chi connectivity index (χ2v) is 6.21. The van der Waals surface area contributed by atoms with Gasteiger partial charge in [0, 0.05) is 37.4 Å². The van der Waals surface area contributed by atoms with E-state index in [1.54, 1.807) is 4.90 Å². The molecule has 138 valence electrons. The molecule has 1 aromatic rings. The van der Waals surface area contributed by atoms with Gasteiger partial charge in [-0.3, -0.25) is 9.59 Å². The summed E-state index contributed by atoms with van der Waals surface area (Å²) in [5, 5.41) is 2.87. The number of hydrogen-bond donors (Lipinski definition) is 1. The normalized spacial score (nSPS) is 14.2. The number of anilines is 2. The van der Waals surface area contributed by atoms with Gasteiger partial charge in [0.15, 0.2) is 0 Å². The predicted octanol–water partition coefficient (Wildman–Crippen LogP) is 2.50. The second-order valence-electron chi connectivity index (χ2n) is 6.21. The summed E-state index contributed by atoms with van der Waals surface area (Å²) in [6.45, 7) is 7.87. The van der Waals surface area contributed by atoms with Crippen LogP contribution in [0.5, 0.6) is 0 Å². The summed E-state index contributed by atoms with van der Waals surface area (Å²) >= 11 is 0. The number of benzene rings is 1. The van der Waals surface area contributed by atoms with Crippen LogP contribution in [-0.2, 0) is 14.3 Å². The molecule has 0 radical (unpaired) electrons. The molecule has 6 heteroatoms. The first-order valence-corrected chi connectivity index (χ1v) is 9.14. The van der Waals surface area contributed by atoms with E-state index < -0.39 is 0 Å². The standard InChI is InChI=1S/C19H29N3O3/c1-3-5-6-19(24)21(4-2)15-18(23)20-16-7-9-17(10-8-16)22-11-13-25-14-12-22/h7-10H,3-6,11-15H2,1-2H3,(H,20,23). The molecule has 0 saturated carbocycles. The fourth-order valence-electron chi connectivity index (χ4n) is 2.81. The van der Waals surface area contributed by atoms with Crippen molar-refractivity contribution < 1.29 is 14.3 Å². The highest BCUT2D eigenvalue weighted by Gasteiger charge is 2.15. The van der Waals surface area contributed by atoms with Crippen LogP contribution in [0, 0.1) is 0 Å². The van der Waals surface area contributed by atoms with Gasteiger partial charge in [-0.25, -0.2) is 0 Å². The van der Waals surface area contributed by atoms with Gasteiger partial charge in [-0.2, -0.15) is 0 Å². The average Bonchev–Trinajstić information content (AvgIpc) is 2.65. The third kappa shape index (κ3) is 6.05. The first-order valence-electron chi connectivity index (χ1n) is 9.14. The number of carbonyl (C=O) groups is 2. The van der Waals surface area contributed by atoms with Crippen LogP contribution in [0.4, 0.5) is 11.4 Å². The van der Waals surface area contributed by atoms with Gasteiger partial charge in [-0.05, 0) is 37.6 Å². The van der Waals surface area contributed by atoms with Gasteiger partial charge < -0.3 is 19.9 Å². The zero-order chi connectivity index (χ0) is 18.1. The largest absolute Gasteiger partial charge is 0.378 e. The summed E-state index contributed by atoms with van der Waals surface area (Å²) in [5.41, 5.74) is 1.88. The van der Waals surface area contributed by atoms with Gasteiger partial charge in [0.25, 0.3) is 0 Å². The van der Waals surface area contributed by atoms with E-state index in [-0.39, 0.29) is 18.4 Å². The van der Waals surface area contributed by atoms with Crippen LogP contribution in [-0.4, -0.2) is 56.1 Å². The molecule has 1 fully saturated rings. The summed E-state index contributed by atoms with van der Waals surface area (Å²) < 4.78 is 5.36. The van der Waals surface area contributed by atoms with Crippen LogP contribution in [0.15, 0.2) is 24.3 Å². The van der Waals surface area contributed by atoms with Gasteiger partial charge in [-0.1, -0.05) is 13.3 Å². The molecule has 0 bridgehead atoms. The molecule has 0 spiro atoms. The smallest absolute Gasteiger partial charge is 0.243 e. The Hall–Kier alpha value is -2.08. The highest BCUT2D eigenvalue weighted by atomic mass is 16.5. The topological polar surface area (TPSA) is 61.9 Å². The monoisotopic (exact) mass is 347 g/mol. The highest BCUT2D eigenvalue weighted by Crippen LogP contribution is 2.19. The van der Waals surface area contributed by atoms with E-state index in [0.717, 1.165) is 50.5 Å². The summed E-state index contributed by atoms with van der Waals surface area (Å²) in [6, 6.07) is 7.81. The molecule has 25 heavy (non-hydrogen) atoms.